The Bertz CT molecular complexity index is 1220. The molecule has 5 rings (SSSR count). The Balaban J connectivity index is 1.76. The summed E-state index contributed by atoms with van der Waals surface area (Å²) < 4.78 is 0. The number of para-hydroxylation sites is 2. The molecule has 0 N–H and O–H groups in total. The number of fused-ring (bicyclic) bond motifs is 3. The smallest absolute Gasteiger partial charge is 0.0715 e. The molecule has 0 bridgehead atoms. The third-order valence-corrected chi connectivity index (χ3v) is 4.88. The van der Waals surface area contributed by atoms with E-state index >= 15 is 0 Å². The van der Waals surface area contributed by atoms with Gasteiger partial charge in [-0.1, -0.05) is 91.0 Å². The van der Waals surface area contributed by atoms with Gasteiger partial charge < -0.3 is 0 Å². The van der Waals surface area contributed by atoms with E-state index in [4.69, 9.17) is 4.98 Å². The zero-order chi connectivity index (χ0) is 17.3. The van der Waals surface area contributed by atoms with Crippen molar-refractivity contribution in [2.45, 2.75) is 0 Å². The second-order valence-electron chi connectivity index (χ2n) is 6.46. The van der Waals surface area contributed by atoms with E-state index in [1.165, 1.54) is 32.7 Å². The van der Waals surface area contributed by atoms with Crippen LogP contribution in [0, 0.1) is 0 Å². The van der Waals surface area contributed by atoms with Gasteiger partial charge in [-0.05, 0) is 34.0 Å². The lowest BCUT2D eigenvalue weighted by Gasteiger charge is -2.08. The van der Waals surface area contributed by atoms with E-state index in [1.807, 2.05) is 12.1 Å². The molecule has 0 aliphatic carbocycles. The Morgan fingerprint density at radius 2 is 1.08 bits per heavy atom. The normalized spacial score (nSPS) is 11.7. The van der Waals surface area contributed by atoms with Crippen molar-refractivity contribution in [2.75, 3.05) is 0 Å². The maximum absolute atomic E-state index is 4.81. The van der Waals surface area contributed by atoms with Crippen molar-refractivity contribution in [3.05, 3.63) is 102 Å². The van der Waals surface area contributed by atoms with Crippen LogP contribution in [0.25, 0.3) is 44.7 Å². The first-order valence-electron chi connectivity index (χ1n) is 8.83. The maximum Gasteiger partial charge on any atom is 0.0715 e. The predicted octanol–water partition coefficient (Wildman–Crippen LogP) is 6.71. The molecular formula is C25H17N. The average Bonchev–Trinajstić information content (AvgIpc) is 2.71. The lowest BCUT2D eigenvalue weighted by atomic mass is 9.99. The molecular weight excluding hydrogens is 314 g/mol. The molecule has 0 unspecified atom stereocenters. The minimum absolute atomic E-state index is 1.03. The van der Waals surface area contributed by atoms with E-state index in [0.717, 1.165) is 11.0 Å². The highest BCUT2D eigenvalue weighted by atomic mass is 14.7. The fraction of sp³-hybridized carbons (Fsp3) is 0. The number of hydrogen-bond acceptors (Lipinski definition) is 1. The summed E-state index contributed by atoms with van der Waals surface area (Å²) in [6, 6.07) is 31.7. The van der Waals surface area contributed by atoms with Gasteiger partial charge in [-0.15, -0.1) is 0 Å². The van der Waals surface area contributed by atoms with Crippen LogP contribution < -0.4 is 0 Å². The van der Waals surface area contributed by atoms with Gasteiger partial charge >= 0.3 is 0 Å². The summed E-state index contributed by atoms with van der Waals surface area (Å²) in [4.78, 5) is 4.81. The van der Waals surface area contributed by atoms with E-state index in [-0.39, 0.29) is 0 Å². The topological polar surface area (TPSA) is 12.9 Å². The molecule has 1 heterocycles. The van der Waals surface area contributed by atoms with Crippen molar-refractivity contribution in [3.8, 4) is 0 Å². The van der Waals surface area contributed by atoms with Gasteiger partial charge in [0.15, 0.2) is 0 Å². The molecule has 0 fully saturated rings. The summed E-state index contributed by atoms with van der Waals surface area (Å²) in [5.41, 5.74) is 4.51. The zero-order valence-electron chi connectivity index (χ0n) is 14.3. The van der Waals surface area contributed by atoms with Crippen molar-refractivity contribution in [1.29, 1.82) is 0 Å². The van der Waals surface area contributed by atoms with E-state index in [2.05, 4.69) is 91.0 Å². The summed E-state index contributed by atoms with van der Waals surface area (Å²) in [6.45, 7) is 0. The molecule has 4 aromatic carbocycles. The van der Waals surface area contributed by atoms with Gasteiger partial charge in [0.25, 0.3) is 0 Å². The summed E-state index contributed by atoms with van der Waals surface area (Å²) in [5, 5.41) is 4.90. The van der Waals surface area contributed by atoms with E-state index in [9.17, 15) is 0 Å². The minimum Gasteiger partial charge on any atom is -0.248 e. The van der Waals surface area contributed by atoms with E-state index in [0.29, 0.717) is 0 Å². The van der Waals surface area contributed by atoms with Gasteiger partial charge in [0.1, 0.15) is 0 Å². The number of hydrogen-bond donors (Lipinski definition) is 0. The second kappa shape index (κ2) is 6.12. The van der Waals surface area contributed by atoms with Gasteiger partial charge in [0.2, 0.25) is 0 Å². The van der Waals surface area contributed by atoms with Crippen molar-refractivity contribution in [2.24, 2.45) is 0 Å². The molecule has 0 saturated heterocycles. The third kappa shape index (κ3) is 2.46. The Labute approximate surface area is 152 Å². The minimum atomic E-state index is 1.03. The van der Waals surface area contributed by atoms with Gasteiger partial charge in [0, 0.05) is 10.8 Å². The molecule has 0 radical (unpaired) electrons. The molecule has 5 aromatic rings. The van der Waals surface area contributed by atoms with Gasteiger partial charge in [-0.25, -0.2) is 4.98 Å². The Morgan fingerprint density at radius 1 is 0.500 bits per heavy atom. The molecule has 1 aromatic heterocycles. The predicted molar refractivity (Wildman–Crippen MR) is 112 cm³/mol. The van der Waals surface area contributed by atoms with Crippen LogP contribution in [0.1, 0.15) is 11.1 Å². The second-order valence-corrected chi connectivity index (χ2v) is 6.46. The van der Waals surface area contributed by atoms with Crippen LogP contribution in [0.4, 0.5) is 0 Å². The molecule has 1 heteroatoms. The molecule has 26 heavy (non-hydrogen) atoms. The average molecular weight is 331 g/mol. The first-order valence-corrected chi connectivity index (χ1v) is 8.83. The number of rotatable bonds is 2. The lowest BCUT2D eigenvalue weighted by Crippen LogP contribution is -1.87. The van der Waals surface area contributed by atoms with E-state index in [1.54, 1.807) is 0 Å². The molecule has 0 spiro atoms. The van der Waals surface area contributed by atoms with Crippen LogP contribution in [-0.4, -0.2) is 4.98 Å². The van der Waals surface area contributed by atoms with Crippen LogP contribution >= 0.6 is 0 Å². The van der Waals surface area contributed by atoms with E-state index < -0.39 is 0 Å². The zero-order valence-corrected chi connectivity index (χ0v) is 14.3. The number of aromatic nitrogens is 1. The molecule has 0 saturated carbocycles. The van der Waals surface area contributed by atoms with Crippen molar-refractivity contribution in [1.82, 2.24) is 4.98 Å². The Kier molecular flexibility index (Phi) is 3.50. The first-order chi connectivity index (χ1) is 12.9. The van der Waals surface area contributed by atoms with Crippen LogP contribution in [0.3, 0.4) is 0 Å². The monoisotopic (exact) mass is 331 g/mol. The molecule has 122 valence electrons. The summed E-state index contributed by atoms with van der Waals surface area (Å²) in [6.07, 6.45) is 4.45. The Morgan fingerprint density at radius 3 is 1.81 bits per heavy atom. The van der Waals surface area contributed by atoms with Crippen molar-refractivity contribution < 1.29 is 0 Å². The summed E-state index contributed by atoms with van der Waals surface area (Å²) >= 11 is 0. The van der Waals surface area contributed by atoms with Crippen molar-refractivity contribution in [3.63, 3.8) is 0 Å². The van der Waals surface area contributed by atoms with Crippen LogP contribution in [0.5, 0.6) is 0 Å². The summed E-state index contributed by atoms with van der Waals surface area (Å²) in [7, 11) is 0. The largest absolute Gasteiger partial charge is 0.248 e. The first kappa shape index (κ1) is 14.9. The Hall–Kier alpha value is -3.45. The van der Waals surface area contributed by atoms with Gasteiger partial charge in [-0.3, -0.25) is 0 Å². The number of benzene rings is 4. The van der Waals surface area contributed by atoms with Crippen LogP contribution in [0.15, 0.2) is 91.0 Å². The van der Waals surface area contributed by atoms with Crippen molar-refractivity contribution >= 4 is 44.7 Å². The SMILES string of the molecule is C(=C\c1c2ccccc2nc2ccccc12)/c1cccc2ccccc12. The molecule has 0 aliphatic heterocycles. The van der Waals surface area contributed by atoms with Crippen LogP contribution in [0.2, 0.25) is 0 Å². The lowest BCUT2D eigenvalue weighted by molar-refractivity contribution is 1.49. The molecule has 0 amide bonds. The summed E-state index contributed by atoms with van der Waals surface area (Å²) in [5.74, 6) is 0. The highest BCUT2D eigenvalue weighted by Crippen LogP contribution is 2.28. The quantitative estimate of drug-likeness (QED) is 0.327. The standard InChI is InChI=1S/C25H17N/c1-2-11-20-18(8-1)9-7-10-19(20)16-17-21-22-12-3-5-14-24(22)26-25-15-6-4-13-23(21)25/h1-17H/b17-16+. The highest BCUT2D eigenvalue weighted by Gasteiger charge is 2.06. The third-order valence-electron chi connectivity index (χ3n) is 4.88. The van der Waals surface area contributed by atoms with Gasteiger partial charge in [0.05, 0.1) is 11.0 Å². The molecule has 0 atom stereocenters. The molecule has 0 aliphatic rings. The maximum atomic E-state index is 4.81. The fourth-order valence-corrected chi connectivity index (χ4v) is 3.62. The fourth-order valence-electron chi connectivity index (χ4n) is 3.62. The highest BCUT2D eigenvalue weighted by molar-refractivity contribution is 6.05. The molecule has 1 nitrogen and oxygen atoms in total. The van der Waals surface area contributed by atoms with Crippen LogP contribution in [-0.2, 0) is 0 Å². The number of nitrogens with zero attached hydrogens (tertiary/aromatic N) is 1. The van der Waals surface area contributed by atoms with Gasteiger partial charge in [-0.2, -0.15) is 0 Å². The number of pyridine rings is 1.